The van der Waals surface area contributed by atoms with Gasteiger partial charge in [0.15, 0.2) is 5.78 Å². The molecule has 0 aliphatic heterocycles. The molecule has 1 N–H and O–H groups in total. The molecule has 0 aliphatic rings. The highest BCUT2D eigenvalue weighted by molar-refractivity contribution is 7.89. The summed E-state index contributed by atoms with van der Waals surface area (Å²) >= 11 is 0. The highest BCUT2D eigenvalue weighted by Crippen LogP contribution is 2.14. The van der Waals surface area contributed by atoms with E-state index in [-0.39, 0.29) is 22.7 Å². The lowest BCUT2D eigenvalue weighted by Gasteiger charge is -2.17. The van der Waals surface area contributed by atoms with Crippen LogP contribution in [0.5, 0.6) is 0 Å². The number of ether oxygens (including phenoxy) is 1. The third kappa shape index (κ3) is 4.98. The van der Waals surface area contributed by atoms with Crippen LogP contribution in [0.2, 0.25) is 0 Å². The van der Waals surface area contributed by atoms with Crippen LogP contribution < -0.4 is 4.72 Å². The van der Waals surface area contributed by atoms with Gasteiger partial charge >= 0.3 is 5.97 Å². The van der Waals surface area contributed by atoms with Crippen LogP contribution in [0.3, 0.4) is 0 Å². The Morgan fingerprint density at radius 2 is 1.76 bits per heavy atom. The summed E-state index contributed by atoms with van der Waals surface area (Å²) in [5, 5.41) is 0. The maximum atomic E-state index is 12.6. The molecule has 0 spiro atoms. The van der Waals surface area contributed by atoms with E-state index in [9.17, 15) is 18.0 Å². The molecule has 0 aliphatic carbocycles. The lowest BCUT2D eigenvalue weighted by atomic mass is 10.1. The molecule has 0 unspecified atom stereocenters. The zero-order valence-electron chi connectivity index (χ0n) is 13.9. The number of methoxy groups -OCH3 is 1. The topological polar surface area (TPSA) is 89.5 Å². The number of hydrogen-bond acceptors (Lipinski definition) is 5. The van der Waals surface area contributed by atoms with Crippen molar-refractivity contribution in [1.82, 2.24) is 4.72 Å². The van der Waals surface area contributed by atoms with Crippen molar-refractivity contribution in [2.45, 2.75) is 24.3 Å². The largest absolute Gasteiger partial charge is 0.468 e. The minimum absolute atomic E-state index is 0.0813. The first-order valence-electron chi connectivity index (χ1n) is 7.58. The van der Waals surface area contributed by atoms with Crippen molar-refractivity contribution >= 4 is 21.8 Å². The van der Waals surface area contributed by atoms with Crippen molar-refractivity contribution in [3.8, 4) is 0 Å². The molecule has 0 saturated heterocycles. The number of benzene rings is 2. The molecule has 1 atom stereocenters. The Kier molecular flexibility index (Phi) is 6.06. The fraction of sp³-hybridized carbons (Fsp3) is 0.222. The average molecular weight is 361 g/mol. The molecule has 132 valence electrons. The van der Waals surface area contributed by atoms with Gasteiger partial charge in [-0.3, -0.25) is 9.59 Å². The Labute approximate surface area is 146 Å². The normalized spacial score (nSPS) is 12.4. The van der Waals surface area contributed by atoms with Crippen LogP contribution in [0.1, 0.15) is 22.8 Å². The number of ketones is 1. The second-order valence-electron chi connectivity index (χ2n) is 5.47. The number of rotatable bonds is 7. The van der Waals surface area contributed by atoms with Gasteiger partial charge in [-0.05, 0) is 31.0 Å². The second-order valence-corrected chi connectivity index (χ2v) is 7.18. The molecular formula is C18H19NO5S. The van der Waals surface area contributed by atoms with Gasteiger partial charge in [-0.1, -0.05) is 42.5 Å². The van der Waals surface area contributed by atoms with Gasteiger partial charge in [-0.15, -0.1) is 0 Å². The van der Waals surface area contributed by atoms with E-state index in [0.29, 0.717) is 0 Å². The Morgan fingerprint density at radius 1 is 1.08 bits per heavy atom. The van der Waals surface area contributed by atoms with Gasteiger partial charge in [-0.2, -0.15) is 4.72 Å². The molecule has 2 aromatic rings. The van der Waals surface area contributed by atoms with E-state index in [1.54, 1.807) is 24.3 Å². The molecule has 0 bridgehead atoms. The standard InChI is InChI=1S/C18H19NO5S/c1-13(20)15-9-6-10-16(12-15)25(22,23)19-17(18(21)24-2)11-14-7-4-3-5-8-14/h3-10,12,17,19H,11H2,1-2H3/t17-/m0/s1. The average Bonchev–Trinajstić information content (AvgIpc) is 2.61. The predicted octanol–water partition coefficient (Wildman–Crippen LogP) is 1.95. The molecule has 0 amide bonds. The van der Waals surface area contributed by atoms with Crippen molar-refractivity contribution in [2.24, 2.45) is 0 Å². The highest BCUT2D eigenvalue weighted by atomic mass is 32.2. The Bertz CT molecular complexity index is 862. The molecule has 7 heteroatoms. The minimum Gasteiger partial charge on any atom is -0.468 e. The van der Waals surface area contributed by atoms with E-state index in [2.05, 4.69) is 4.72 Å². The van der Waals surface area contributed by atoms with Crippen LogP contribution in [0.15, 0.2) is 59.5 Å². The van der Waals surface area contributed by atoms with Crippen molar-refractivity contribution < 1.29 is 22.7 Å². The summed E-state index contributed by atoms with van der Waals surface area (Å²) in [6.07, 6.45) is 0.152. The first kappa shape index (κ1) is 18.8. The van der Waals surface area contributed by atoms with E-state index in [4.69, 9.17) is 4.74 Å². The monoisotopic (exact) mass is 361 g/mol. The van der Waals surface area contributed by atoms with E-state index in [1.807, 2.05) is 6.07 Å². The summed E-state index contributed by atoms with van der Waals surface area (Å²) < 4.78 is 32.3. The molecule has 2 aromatic carbocycles. The SMILES string of the molecule is COC(=O)[C@H](Cc1ccccc1)NS(=O)(=O)c1cccc(C(C)=O)c1. The van der Waals surface area contributed by atoms with Crippen molar-refractivity contribution in [3.05, 3.63) is 65.7 Å². The third-order valence-electron chi connectivity index (χ3n) is 3.62. The first-order valence-corrected chi connectivity index (χ1v) is 9.07. The number of nitrogens with one attached hydrogen (secondary N) is 1. The zero-order chi connectivity index (χ0) is 18.4. The van der Waals surface area contributed by atoms with Crippen LogP contribution in [-0.2, 0) is 26.0 Å². The predicted molar refractivity (Wildman–Crippen MR) is 92.7 cm³/mol. The third-order valence-corrected chi connectivity index (χ3v) is 5.09. The summed E-state index contributed by atoms with van der Waals surface area (Å²) in [6, 6.07) is 13.6. The maximum absolute atomic E-state index is 12.6. The number of esters is 1. The fourth-order valence-electron chi connectivity index (χ4n) is 2.30. The fourth-order valence-corrected chi connectivity index (χ4v) is 3.53. The van der Waals surface area contributed by atoms with Gasteiger partial charge in [-0.25, -0.2) is 8.42 Å². The van der Waals surface area contributed by atoms with Gasteiger partial charge in [0, 0.05) is 5.56 Å². The molecule has 0 fully saturated rings. The van der Waals surface area contributed by atoms with E-state index in [0.717, 1.165) is 5.56 Å². The number of sulfonamides is 1. The van der Waals surface area contributed by atoms with Crippen LogP contribution in [-0.4, -0.2) is 33.3 Å². The lowest BCUT2D eigenvalue weighted by molar-refractivity contribution is -0.142. The van der Waals surface area contributed by atoms with Crippen molar-refractivity contribution in [2.75, 3.05) is 7.11 Å². The lowest BCUT2D eigenvalue weighted by Crippen LogP contribution is -2.43. The molecule has 0 heterocycles. The van der Waals surface area contributed by atoms with Gasteiger partial charge in [0.25, 0.3) is 0 Å². The Balaban J connectivity index is 2.29. The second kappa shape index (κ2) is 8.04. The van der Waals surface area contributed by atoms with Gasteiger partial charge < -0.3 is 4.74 Å². The Morgan fingerprint density at radius 3 is 2.36 bits per heavy atom. The van der Waals surface area contributed by atoms with E-state index in [1.165, 1.54) is 38.3 Å². The van der Waals surface area contributed by atoms with Crippen LogP contribution in [0, 0.1) is 0 Å². The van der Waals surface area contributed by atoms with E-state index < -0.39 is 22.0 Å². The molecule has 0 saturated carbocycles. The highest BCUT2D eigenvalue weighted by Gasteiger charge is 2.27. The Hall–Kier alpha value is -2.51. The minimum atomic E-state index is -3.99. The number of carbonyl (C=O) groups excluding carboxylic acids is 2. The summed E-state index contributed by atoms with van der Waals surface area (Å²) in [7, 11) is -2.79. The van der Waals surface area contributed by atoms with Gasteiger partial charge in [0.05, 0.1) is 12.0 Å². The van der Waals surface area contributed by atoms with Crippen LogP contribution in [0.25, 0.3) is 0 Å². The molecule has 0 radical (unpaired) electrons. The number of Topliss-reactive ketones (excluding diaryl/α,β-unsaturated/α-hetero) is 1. The van der Waals surface area contributed by atoms with Crippen molar-refractivity contribution in [1.29, 1.82) is 0 Å². The smallest absolute Gasteiger partial charge is 0.324 e. The van der Waals surface area contributed by atoms with Crippen molar-refractivity contribution in [3.63, 3.8) is 0 Å². The molecule has 0 aromatic heterocycles. The number of hydrogen-bond donors (Lipinski definition) is 1. The summed E-state index contributed by atoms with van der Waals surface area (Å²) in [5.74, 6) is -0.930. The summed E-state index contributed by atoms with van der Waals surface area (Å²) in [5.41, 5.74) is 1.07. The summed E-state index contributed by atoms with van der Waals surface area (Å²) in [6.45, 7) is 1.35. The van der Waals surface area contributed by atoms with Crippen LogP contribution >= 0.6 is 0 Å². The van der Waals surface area contributed by atoms with Gasteiger partial charge in [0.1, 0.15) is 6.04 Å². The zero-order valence-corrected chi connectivity index (χ0v) is 14.7. The molecule has 25 heavy (non-hydrogen) atoms. The maximum Gasteiger partial charge on any atom is 0.324 e. The molecular weight excluding hydrogens is 342 g/mol. The summed E-state index contributed by atoms with van der Waals surface area (Å²) in [4.78, 5) is 23.4. The van der Waals surface area contributed by atoms with E-state index >= 15 is 0 Å². The molecule has 2 rings (SSSR count). The molecule has 6 nitrogen and oxygen atoms in total. The van der Waals surface area contributed by atoms with Gasteiger partial charge in [0.2, 0.25) is 10.0 Å². The first-order chi connectivity index (χ1) is 11.8. The number of carbonyl (C=O) groups is 2. The van der Waals surface area contributed by atoms with Crippen LogP contribution in [0.4, 0.5) is 0 Å². The quantitative estimate of drug-likeness (QED) is 0.601.